The largest absolute Gasteiger partial charge is 0.493 e. The van der Waals surface area contributed by atoms with Gasteiger partial charge in [0.15, 0.2) is 11.5 Å². The average Bonchev–Trinajstić information content (AvgIpc) is 2.74. The van der Waals surface area contributed by atoms with Crippen LogP contribution in [0.5, 0.6) is 17.4 Å². The Hall–Kier alpha value is -3.61. The molecule has 2 aromatic heterocycles. The van der Waals surface area contributed by atoms with E-state index in [0.29, 0.717) is 29.5 Å². The van der Waals surface area contributed by atoms with Crippen LogP contribution < -0.4 is 20.1 Å². The van der Waals surface area contributed by atoms with E-state index in [1.165, 1.54) is 6.20 Å². The van der Waals surface area contributed by atoms with Gasteiger partial charge in [0.2, 0.25) is 11.8 Å². The van der Waals surface area contributed by atoms with Gasteiger partial charge in [-0.25, -0.2) is 9.97 Å². The van der Waals surface area contributed by atoms with Crippen molar-refractivity contribution in [3.05, 3.63) is 72.1 Å². The molecule has 0 atom stereocenters. The minimum absolute atomic E-state index is 0.323. The van der Waals surface area contributed by atoms with Gasteiger partial charge in [0, 0.05) is 31.5 Å². The molecule has 0 radical (unpaired) electrons. The summed E-state index contributed by atoms with van der Waals surface area (Å²) in [5, 5.41) is 0. The van der Waals surface area contributed by atoms with Gasteiger partial charge >= 0.3 is 0 Å². The number of nitrogens with two attached hydrogens (primary N) is 1. The number of amides is 1. The van der Waals surface area contributed by atoms with E-state index in [4.69, 9.17) is 15.2 Å². The minimum atomic E-state index is -0.533. The Morgan fingerprint density at radius 1 is 1.11 bits per heavy atom. The molecule has 3 aromatic rings. The Balaban J connectivity index is 1.77. The Bertz CT molecular complexity index is 930. The highest BCUT2D eigenvalue weighted by atomic mass is 16.5. The van der Waals surface area contributed by atoms with Crippen LogP contribution in [0.15, 0.2) is 60.9 Å². The van der Waals surface area contributed by atoms with Gasteiger partial charge in [0.1, 0.15) is 5.82 Å². The second-order valence-electron chi connectivity index (χ2n) is 6.04. The Morgan fingerprint density at radius 2 is 1.96 bits per heavy atom. The van der Waals surface area contributed by atoms with E-state index in [9.17, 15) is 4.79 Å². The number of rotatable bonds is 8. The van der Waals surface area contributed by atoms with Crippen molar-refractivity contribution < 1.29 is 14.3 Å². The highest BCUT2D eigenvalue weighted by Gasteiger charge is 2.12. The predicted octanol–water partition coefficient (Wildman–Crippen LogP) is 3.40. The summed E-state index contributed by atoms with van der Waals surface area (Å²) in [6.07, 6.45) is 3.16. The molecule has 1 amide bonds. The number of hydrogen-bond donors (Lipinski definition) is 1. The van der Waals surface area contributed by atoms with Gasteiger partial charge in [0.05, 0.1) is 12.7 Å². The van der Waals surface area contributed by atoms with Crippen LogP contribution in [0.4, 0.5) is 5.82 Å². The van der Waals surface area contributed by atoms with Gasteiger partial charge in [-0.2, -0.15) is 0 Å². The molecule has 0 spiro atoms. The van der Waals surface area contributed by atoms with Crippen LogP contribution in [-0.4, -0.2) is 29.5 Å². The van der Waals surface area contributed by atoms with E-state index in [2.05, 4.69) is 21.8 Å². The number of ether oxygens (including phenoxy) is 2. The lowest BCUT2D eigenvalue weighted by Gasteiger charge is -2.22. The molecule has 3 rings (SSSR count). The molecule has 144 valence electrons. The first-order valence-corrected chi connectivity index (χ1v) is 8.87. The summed E-state index contributed by atoms with van der Waals surface area (Å²) in [5.74, 6) is 1.86. The summed E-state index contributed by atoms with van der Waals surface area (Å²) in [5.41, 5.74) is 6.61. The first-order chi connectivity index (χ1) is 13.6. The van der Waals surface area contributed by atoms with Crippen LogP contribution in [0, 0.1) is 0 Å². The fourth-order valence-corrected chi connectivity index (χ4v) is 2.71. The molecule has 0 bridgehead atoms. The van der Waals surface area contributed by atoms with Crippen LogP contribution in [0.25, 0.3) is 0 Å². The number of anilines is 1. The molecule has 2 heterocycles. The Labute approximate surface area is 163 Å². The molecular formula is C21H22N4O3. The zero-order valence-electron chi connectivity index (χ0n) is 15.8. The number of benzene rings is 1. The molecule has 7 nitrogen and oxygen atoms in total. The summed E-state index contributed by atoms with van der Waals surface area (Å²) < 4.78 is 11.3. The van der Waals surface area contributed by atoms with Crippen molar-refractivity contribution in [2.75, 3.05) is 18.6 Å². The number of aromatic nitrogens is 2. The third-order valence-electron chi connectivity index (χ3n) is 4.19. The van der Waals surface area contributed by atoms with E-state index in [1.807, 2.05) is 36.4 Å². The van der Waals surface area contributed by atoms with Gasteiger partial charge in [-0.3, -0.25) is 4.79 Å². The van der Waals surface area contributed by atoms with Crippen LogP contribution >= 0.6 is 0 Å². The lowest BCUT2D eigenvalue weighted by molar-refractivity contribution is 0.1000. The number of methoxy groups -OCH3 is 1. The normalized spacial score (nSPS) is 10.4. The van der Waals surface area contributed by atoms with Crippen molar-refractivity contribution >= 4 is 11.7 Å². The van der Waals surface area contributed by atoms with Crippen molar-refractivity contribution in [1.82, 2.24) is 9.97 Å². The highest BCUT2D eigenvalue weighted by molar-refractivity contribution is 5.92. The molecule has 0 saturated heterocycles. The molecule has 7 heteroatoms. The standard InChI is InChI=1S/C21H22N4O3/c1-3-25(19-6-4-5-11-23-19)14-15-7-9-17(18(12-15)27-2)28-20-10-8-16(13-24-20)21(22)26/h4-13H,3,14H2,1-2H3,(H2,22,26). The molecule has 2 N–H and O–H groups in total. The molecule has 1 aromatic carbocycles. The lowest BCUT2D eigenvalue weighted by Crippen LogP contribution is -2.22. The number of carbonyl (C=O) groups excluding carboxylic acids is 1. The van der Waals surface area contributed by atoms with Gasteiger partial charge in [-0.05, 0) is 42.8 Å². The quantitative estimate of drug-likeness (QED) is 0.646. The molecule has 0 fully saturated rings. The van der Waals surface area contributed by atoms with Crippen molar-refractivity contribution in [3.8, 4) is 17.4 Å². The summed E-state index contributed by atoms with van der Waals surface area (Å²) in [6, 6.07) is 14.8. The molecule has 0 unspecified atom stereocenters. The number of carbonyl (C=O) groups is 1. The van der Waals surface area contributed by atoms with Gasteiger partial charge in [0.25, 0.3) is 0 Å². The van der Waals surface area contributed by atoms with E-state index in [-0.39, 0.29) is 0 Å². The lowest BCUT2D eigenvalue weighted by atomic mass is 10.2. The van der Waals surface area contributed by atoms with Crippen molar-refractivity contribution in [2.45, 2.75) is 13.5 Å². The van der Waals surface area contributed by atoms with Gasteiger partial charge in [-0.1, -0.05) is 12.1 Å². The third-order valence-corrected chi connectivity index (χ3v) is 4.19. The molecule has 0 saturated carbocycles. The maximum Gasteiger partial charge on any atom is 0.250 e. The Kier molecular flexibility index (Phi) is 6.06. The molecule has 0 aliphatic carbocycles. The zero-order valence-corrected chi connectivity index (χ0v) is 15.8. The maximum absolute atomic E-state index is 11.1. The summed E-state index contributed by atoms with van der Waals surface area (Å²) in [4.78, 5) is 21.8. The third kappa shape index (κ3) is 4.56. The first kappa shape index (κ1) is 19.2. The topological polar surface area (TPSA) is 90.6 Å². The predicted molar refractivity (Wildman–Crippen MR) is 107 cm³/mol. The summed E-state index contributed by atoms with van der Waals surface area (Å²) in [7, 11) is 1.59. The number of pyridine rings is 2. The van der Waals surface area contributed by atoms with Crippen molar-refractivity contribution in [1.29, 1.82) is 0 Å². The van der Waals surface area contributed by atoms with Crippen LogP contribution in [-0.2, 0) is 6.54 Å². The summed E-state index contributed by atoms with van der Waals surface area (Å²) in [6.45, 7) is 3.61. The average molecular weight is 378 g/mol. The monoisotopic (exact) mass is 378 g/mol. The molecule has 28 heavy (non-hydrogen) atoms. The number of nitrogens with zero attached hydrogens (tertiary/aromatic N) is 3. The van der Waals surface area contributed by atoms with Crippen molar-refractivity contribution in [3.63, 3.8) is 0 Å². The molecular weight excluding hydrogens is 356 g/mol. The van der Waals surface area contributed by atoms with Gasteiger partial charge < -0.3 is 20.1 Å². The van der Waals surface area contributed by atoms with E-state index >= 15 is 0 Å². The SMILES string of the molecule is CCN(Cc1ccc(Oc2ccc(C(N)=O)cn2)c(OC)c1)c1ccccn1. The molecule has 0 aliphatic heterocycles. The van der Waals surface area contributed by atoms with E-state index < -0.39 is 5.91 Å². The first-order valence-electron chi connectivity index (χ1n) is 8.87. The highest BCUT2D eigenvalue weighted by Crippen LogP contribution is 2.32. The fourth-order valence-electron chi connectivity index (χ4n) is 2.71. The Morgan fingerprint density at radius 3 is 2.57 bits per heavy atom. The second-order valence-corrected chi connectivity index (χ2v) is 6.04. The van der Waals surface area contributed by atoms with E-state index in [1.54, 1.807) is 25.4 Å². The fraction of sp³-hybridized carbons (Fsp3) is 0.190. The molecule has 0 aliphatic rings. The van der Waals surface area contributed by atoms with Crippen LogP contribution in [0.3, 0.4) is 0 Å². The van der Waals surface area contributed by atoms with Crippen molar-refractivity contribution in [2.24, 2.45) is 5.73 Å². The maximum atomic E-state index is 11.1. The zero-order chi connectivity index (χ0) is 19.9. The van der Waals surface area contributed by atoms with E-state index in [0.717, 1.165) is 17.9 Å². The number of hydrogen-bond acceptors (Lipinski definition) is 6. The smallest absolute Gasteiger partial charge is 0.250 e. The van der Waals surface area contributed by atoms with Crippen LogP contribution in [0.1, 0.15) is 22.8 Å². The number of primary amides is 1. The van der Waals surface area contributed by atoms with Gasteiger partial charge in [-0.15, -0.1) is 0 Å². The van der Waals surface area contributed by atoms with Crippen LogP contribution in [0.2, 0.25) is 0 Å². The summed E-state index contributed by atoms with van der Waals surface area (Å²) >= 11 is 0. The minimum Gasteiger partial charge on any atom is -0.493 e. The second kappa shape index (κ2) is 8.85.